The Morgan fingerprint density at radius 3 is 2.47 bits per heavy atom. The molecule has 0 heterocycles. The molecule has 8 heteroatoms. The third-order valence-electron chi connectivity index (χ3n) is 2.12. The van der Waals surface area contributed by atoms with Crippen LogP contribution in [0.25, 0.3) is 0 Å². The predicted octanol–water partition coefficient (Wildman–Crippen LogP) is 4.19. The number of thioether (sulfide) groups is 1. The van der Waals surface area contributed by atoms with Gasteiger partial charge in [0, 0.05) is 11.6 Å². The topological polar surface area (TPSA) is 36.1 Å². The number of benzene rings is 1. The fraction of sp³-hybridized carbons (Fsp3) is 0.364. The van der Waals surface area contributed by atoms with Crippen LogP contribution in [0.15, 0.2) is 12.1 Å². The predicted molar refractivity (Wildman–Crippen MR) is 91.8 cm³/mol. The van der Waals surface area contributed by atoms with E-state index in [9.17, 15) is 0 Å². The van der Waals surface area contributed by atoms with Crippen molar-refractivity contribution in [1.29, 1.82) is 0 Å². The monoisotopic (exact) mass is 357 g/mol. The van der Waals surface area contributed by atoms with Gasteiger partial charge in [-0.25, -0.2) is 0 Å². The van der Waals surface area contributed by atoms with Crippen LogP contribution in [0, 0.1) is 0 Å². The summed E-state index contributed by atoms with van der Waals surface area (Å²) in [6.45, 7) is 0.816. The average Bonchev–Trinajstić information content (AvgIpc) is 2.33. The number of hydrogen-bond acceptors (Lipinski definition) is 3. The van der Waals surface area contributed by atoms with Gasteiger partial charge in [-0.2, -0.15) is 11.8 Å². The van der Waals surface area contributed by atoms with Crippen molar-refractivity contribution in [2.24, 2.45) is 0 Å². The van der Waals surface area contributed by atoms with Gasteiger partial charge in [0.1, 0.15) is 0 Å². The largest absolute Gasteiger partial charge is 0.361 e. The molecular weight excluding hydrogens is 345 g/mol. The molecule has 0 saturated carbocycles. The second-order valence-corrected chi connectivity index (χ2v) is 6.24. The molecule has 3 N–H and O–H groups in total. The summed E-state index contributed by atoms with van der Waals surface area (Å²) in [5.74, 6) is 1.10. The maximum atomic E-state index is 6.03. The van der Waals surface area contributed by atoms with Crippen molar-refractivity contribution >= 4 is 69.6 Å². The molecule has 0 aromatic heterocycles. The van der Waals surface area contributed by atoms with Crippen LogP contribution in [-0.2, 0) is 0 Å². The summed E-state index contributed by atoms with van der Waals surface area (Å²) in [5.41, 5.74) is 6.24. The molecule has 0 aliphatic carbocycles. The maximum absolute atomic E-state index is 6.03. The number of rotatable bonds is 6. The molecule has 1 aromatic carbocycles. The van der Waals surface area contributed by atoms with Gasteiger partial charge in [-0.3, -0.25) is 10.9 Å². The Morgan fingerprint density at radius 2 is 1.89 bits per heavy atom. The Labute approximate surface area is 137 Å². The zero-order chi connectivity index (χ0) is 14.3. The fourth-order valence-corrected chi connectivity index (χ4v) is 2.74. The molecule has 1 rings (SSSR count). The summed E-state index contributed by atoms with van der Waals surface area (Å²) in [6.07, 6.45) is 3.12. The third kappa shape index (κ3) is 6.27. The van der Waals surface area contributed by atoms with Crippen LogP contribution in [0.4, 0.5) is 5.69 Å². The molecule has 0 unspecified atom stereocenters. The van der Waals surface area contributed by atoms with Crippen LogP contribution in [-0.4, -0.2) is 23.7 Å². The van der Waals surface area contributed by atoms with E-state index in [1.165, 1.54) is 0 Å². The molecule has 19 heavy (non-hydrogen) atoms. The second-order valence-electron chi connectivity index (χ2n) is 3.60. The van der Waals surface area contributed by atoms with E-state index in [0.29, 0.717) is 25.9 Å². The normalized spacial score (nSPS) is 10.1. The van der Waals surface area contributed by atoms with E-state index in [1.54, 1.807) is 23.9 Å². The quantitative estimate of drug-likeness (QED) is 0.404. The van der Waals surface area contributed by atoms with Crippen molar-refractivity contribution in [1.82, 2.24) is 10.7 Å². The minimum atomic E-state index is 0.426. The van der Waals surface area contributed by atoms with Crippen molar-refractivity contribution in [3.8, 4) is 0 Å². The number of nitrogens with one attached hydrogen (secondary N) is 3. The summed E-state index contributed by atoms with van der Waals surface area (Å²) >= 11 is 24.8. The molecule has 3 nitrogen and oxygen atoms in total. The number of thiocarbonyl (C=S) groups is 1. The van der Waals surface area contributed by atoms with Gasteiger partial charge in [-0.05, 0) is 42.8 Å². The van der Waals surface area contributed by atoms with Crippen molar-refractivity contribution in [2.45, 2.75) is 6.42 Å². The van der Waals surface area contributed by atoms with E-state index < -0.39 is 0 Å². The molecular formula is C11H14Cl3N3S2. The van der Waals surface area contributed by atoms with Crippen LogP contribution in [0.2, 0.25) is 15.1 Å². The van der Waals surface area contributed by atoms with Crippen LogP contribution >= 0.6 is 58.8 Å². The van der Waals surface area contributed by atoms with E-state index in [-0.39, 0.29) is 0 Å². The molecule has 0 saturated heterocycles. The number of anilines is 1. The summed E-state index contributed by atoms with van der Waals surface area (Å²) < 4.78 is 0. The third-order valence-corrected chi connectivity index (χ3v) is 3.88. The van der Waals surface area contributed by atoms with Crippen molar-refractivity contribution in [2.75, 3.05) is 24.0 Å². The minimum Gasteiger partial charge on any atom is -0.361 e. The Hall–Kier alpha value is -0.0700. The van der Waals surface area contributed by atoms with Crippen LogP contribution < -0.4 is 16.2 Å². The number of hydrazine groups is 1. The molecule has 1 aromatic rings. The smallest absolute Gasteiger partial charge is 0.185 e. The first-order chi connectivity index (χ1) is 9.04. The van der Waals surface area contributed by atoms with Crippen LogP contribution in [0.1, 0.15) is 6.42 Å². The number of halogens is 3. The lowest BCUT2D eigenvalue weighted by Crippen LogP contribution is -2.39. The molecule has 0 aliphatic rings. The summed E-state index contributed by atoms with van der Waals surface area (Å²) in [7, 11) is 0. The zero-order valence-electron chi connectivity index (χ0n) is 10.2. The van der Waals surface area contributed by atoms with E-state index in [2.05, 4.69) is 22.4 Å². The van der Waals surface area contributed by atoms with Crippen molar-refractivity contribution < 1.29 is 0 Å². The first-order valence-corrected chi connectivity index (χ1v) is 8.41. The van der Waals surface area contributed by atoms with Gasteiger partial charge in [0.2, 0.25) is 0 Å². The number of hydrogen-bond donors (Lipinski definition) is 3. The summed E-state index contributed by atoms with van der Waals surface area (Å²) in [4.78, 5) is 0. The Morgan fingerprint density at radius 1 is 1.26 bits per heavy atom. The first-order valence-electron chi connectivity index (χ1n) is 5.48. The Bertz CT molecular complexity index is 420. The summed E-state index contributed by atoms with van der Waals surface area (Å²) in [5, 5.41) is 4.90. The highest BCUT2D eigenvalue weighted by atomic mass is 35.5. The van der Waals surface area contributed by atoms with Gasteiger partial charge in [-0.15, -0.1) is 0 Å². The molecule has 0 bridgehead atoms. The minimum absolute atomic E-state index is 0.426. The van der Waals surface area contributed by atoms with Gasteiger partial charge in [0.25, 0.3) is 0 Å². The van der Waals surface area contributed by atoms with Gasteiger partial charge >= 0.3 is 0 Å². The second kappa shape index (κ2) is 8.97. The maximum Gasteiger partial charge on any atom is 0.185 e. The van der Waals surface area contributed by atoms with Crippen molar-refractivity contribution in [3.63, 3.8) is 0 Å². The van der Waals surface area contributed by atoms with E-state index in [0.717, 1.165) is 18.7 Å². The van der Waals surface area contributed by atoms with Gasteiger partial charge in [0.05, 0.1) is 15.7 Å². The first kappa shape index (κ1) is 17.0. The fourth-order valence-electron chi connectivity index (χ4n) is 1.24. The average molecular weight is 359 g/mol. The lowest BCUT2D eigenvalue weighted by Gasteiger charge is -2.14. The molecule has 0 radical (unpaired) electrons. The Kier molecular flexibility index (Phi) is 8.02. The highest BCUT2D eigenvalue weighted by Crippen LogP contribution is 2.32. The van der Waals surface area contributed by atoms with Crippen LogP contribution in [0.3, 0.4) is 0 Å². The SMILES string of the molecule is CSCCCNC(=S)NNc1c(Cl)cc(Cl)cc1Cl. The van der Waals surface area contributed by atoms with E-state index in [1.807, 2.05) is 0 Å². The molecule has 0 fully saturated rings. The lowest BCUT2D eigenvalue weighted by molar-refractivity contribution is 0.833. The van der Waals surface area contributed by atoms with Crippen molar-refractivity contribution in [3.05, 3.63) is 27.2 Å². The standard InChI is InChI=1S/C11H14Cl3N3S2/c1-19-4-2-3-15-11(18)17-16-10-8(13)5-7(12)6-9(10)14/h5-6,16H,2-4H2,1H3,(H2,15,17,18). The van der Waals surface area contributed by atoms with Gasteiger partial charge in [0.15, 0.2) is 5.11 Å². The van der Waals surface area contributed by atoms with Crippen LogP contribution in [0.5, 0.6) is 0 Å². The lowest BCUT2D eigenvalue weighted by atomic mass is 10.3. The molecule has 0 aliphatic heterocycles. The van der Waals surface area contributed by atoms with Gasteiger partial charge in [-0.1, -0.05) is 34.8 Å². The Balaban J connectivity index is 2.42. The zero-order valence-corrected chi connectivity index (χ0v) is 14.1. The van der Waals surface area contributed by atoms with Gasteiger partial charge < -0.3 is 5.32 Å². The molecule has 0 amide bonds. The van der Waals surface area contributed by atoms with E-state index in [4.69, 9.17) is 47.0 Å². The highest BCUT2D eigenvalue weighted by molar-refractivity contribution is 7.98. The van der Waals surface area contributed by atoms with E-state index >= 15 is 0 Å². The summed E-state index contributed by atoms with van der Waals surface area (Å²) in [6, 6.07) is 3.21. The molecule has 0 spiro atoms. The molecule has 0 atom stereocenters. The molecule has 106 valence electrons. The highest BCUT2D eigenvalue weighted by Gasteiger charge is 2.07.